The lowest BCUT2D eigenvalue weighted by atomic mass is 10.1. The summed E-state index contributed by atoms with van der Waals surface area (Å²) in [7, 11) is 0. The maximum atomic E-state index is 13.2. The Morgan fingerprint density at radius 2 is 1.68 bits per heavy atom. The van der Waals surface area contributed by atoms with Crippen molar-refractivity contribution in [2.24, 2.45) is 0 Å². The fourth-order valence-corrected chi connectivity index (χ4v) is 3.84. The minimum absolute atomic E-state index is 0.205. The second-order valence-electron chi connectivity index (χ2n) is 7.05. The molecule has 1 aromatic heterocycles. The number of quaternary nitrogens is 2. The van der Waals surface area contributed by atoms with Crippen LogP contribution >= 0.6 is 0 Å². The van der Waals surface area contributed by atoms with Crippen LogP contribution in [0.25, 0.3) is 5.69 Å². The number of hydrogen-bond donors (Lipinski definition) is 2. The van der Waals surface area contributed by atoms with Gasteiger partial charge in [-0.2, -0.15) is 0 Å². The number of aryl methyl sites for hydroxylation is 1. The van der Waals surface area contributed by atoms with E-state index in [0.29, 0.717) is 6.54 Å². The maximum Gasteiger partial charge on any atom is 0.218 e. The topological polar surface area (TPSA) is 30.9 Å². The number of nitrogens with zero attached hydrogens (tertiary/aromatic N) is 1. The summed E-state index contributed by atoms with van der Waals surface area (Å²) in [6.45, 7) is 12.3. The molecule has 0 amide bonds. The number of benzene rings is 1. The average molecular weight is 345 g/mol. The van der Waals surface area contributed by atoms with E-state index in [0.717, 1.165) is 48.8 Å². The molecule has 1 aromatic carbocycles. The summed E-state index contributed by atoms with van der Waals surface area (Å²) in [6.07, 6.45) is 0. The van der Waals surface area contributed by atoms with Crippen LogP contribution in [-0.4, -0.2) is 49.6 Å². The third kappa shape index (κ3) is 3.83. The van der Waals surface area contributed by atoms with Gasteiger partial charge in [-0.25, -0.2) is 4.39 Å². The maximum absolute atomic E-state index is 13.2. The van der Waals surface area contributed by atoms with E-state index in [9.17, 15) is 9.18 Å². The van der Waals surface area contributed by atoms with Crippen molar-refractivity contribution in [2.45, 2.75) is 20.8 Å². The number of aromatic nitrogens is 1. The van der Waals surface area contributed by atoms with Crippen molar-refractivity contribution in [2.75, 3.05) is 39.3 Å². The molecule has 0 atom stereocenters. The number of halogens is 1. The lowest BCUT2D eigenvalue weighted by Gasteiger charge is -2.28. The quantitative estimate of drug-likeness (QED) is 0.747. The molecule has 0 bridgehead atoms. The first-order chi connectivity index (χ1) is 12.0. The first-order valence-electron chi connectivity index (χ1n) is 9.14. The molecule has 0 saturated carbocycles. The molecule has 0 spiro atoms. The van der Waals surface area contributed by atoms with E-state index in [1.165, 1.54) is 23.6 Å². The molecule has 5 heteroatoms. The summed E-state index contributed by atoms with van der Waals surface area (Å²) in [5, 5.41) is 0. The number of rotatable bonds is 5. The summed E-state index contributed by atoms with van der Waals surface area (Å²) in [4.78, 5) is 15.8. The Morgan fingerprint density at radius 1 is 1.08 bits per heavy atom. The molecule has 25 heavy (non-hydrogen) atoms. The van der Waals surface area contributed by atoms with Crippen LogP contribution in [0.1, 0.15) is 28.7 Å². The minimum Gasteiger partial charge on any atom is -0.326 e. The molecule has 1 saturated heterocycles. The second-order valence-corrected chi connectivity index (χ2v) is 7.05. The van der Waals surface area contributed by atoms with Crippen LogP contribution in [0.5, 0.6) is 0 Å². The summed E-state index contributed by atoms with van der Waals surface area (Å²) < 4.78 is 15.2. The van der Waals surface area contributed by atoms with Crippen molar-refractivity contribution in [3.63, 3.8) is 0 Å². The van der Waals surface area contributed by atoms with Gasteiger partial charge in [-0.1, -0.05) is 0 Å². The smallest absolute Gasteiger partial charge is 0.218 e. The summed E-state index contributed by atoms with van der Waals surface area (Å²) in [5.74, 6) is -0.0455. The highest BCUT2D eigenvalue weighted by Crippen LogP contribution is 2.21. The van der Waals surface area contributed by atoms with Gasteiger partial charge in [-0.15, -0.1) is 0 Å². The number of likely N-dealkylation sites (N-methyl/N-ethyl adjacent to an activating group) is 1. The first-order valence-corrected chi connectivity index (χ1v) is 9.14. The third-order valence-corrected chi connectivity index (χ3v) is 5.39. The van der Waals surface area contributed by atoms with Gasteiger partial charge in [0.1, 0.15) is 38.5 Å². The largest absolute Gasteiger partial charge is 0.326 e. The highest BCUT2D eigenvalue weighted by atomic mass is 19.1. The molecule has 0 aliphatic carbocycles. The number of Topliss-reactive ketones (excluding diaryl/α,β-unsaturated/α-hetero) is 1. The molecule has 2 aromatic rings. The van der Waals surface area contributed by atoms with Crippen LogP contribution in [0, 0.1) is 19.7 Å². The molecule has 2 heterocycles. The fourth-order valence-electron chi connectivity index (χ4n) is 3.84. The number of nitrogens with one attached hydrogen (secondary N) is 2. The highest BCUT2D eigenvalue weighted by Gasteiger charge is 2.26. The van der Waals surface area contributed by atoms with Gasteiger partial charge >= 0.3 is 0 Å². The fraction of sp³-hybridized carbons (Fsp3) is 0.450. The van der Waals surface area contributed by atoms with Crippen LogP contribution < -0.4 is 9.80 Å². The number of carbonyl (C=O) groups is 1. The highest BCUT2D eigenvalue weighted by molar-refractivity contribution is 5.98. The summed E-state index contributed by atoms with van der Waals surface area (Å²) >= 11 is 0. The minimum atomic E-state index is -0.250. The monoisotopic (exact) mass is 345 g/mol. The van der Waals surface area contributed by atoms with Gasteiger partial charge in [0.15, 0.2) is 0 Å². The number of ketones is 1. The molecule has 0 radical (unpaired) electrons. The number of carbonyl (C=O) groups excluding carboxylic acids is 1. The summed E-state index contributed by atoms with van der Waals surface area (Å²) in [5.41, 5.74) is 3.62. The Kier molecular flexibility index (Phi) is 5.35. The molecule has 1 aliphatic rings. The predicted molar refractivity (Wildman–Crippen MR) is 96.3 cm³/mol. The van der Waals surface area contributed by atoms with Crippen molar-refractivity contribution in [3.8, 4) is 5.69 Å². The van der Waals surface area contributed by atoms with Crippen LogP contribution in [0.3, 0.4) is 0 Å². The Morgan fingerprint density at radius 3 is 2.28 bits per heavy atom. The van der Waals surface area contributed by atoms with Gasteiger partial charge in [0, 0.05) is 22.6 Å². The van der Waals surface area contributed by atoms with Gasteiger partial charge in [-0.3, -0.25) is 4.79 Å². The molecule has 1 fully saturated rings. The SMILES string of the molecule is CC[NH+]1CC[NH+](CC(=O)c2cc(C)n(-c3ccc(F)cc3)c2C)CC1. The van der Waals surface area contributed by atoms with Crippen molar-refractivity contribution >= 4 is 5.78 Å². The van der Waals surface area contributed by atoms with Gasteiger partial charge in [-0.05, 0) is 51.1 Å². The standard InChI is InChI=1S/C20H26FN3O/c1-4-22-9-11-23(12-10-22)14-20(25)19-13-15(2)24(16(19)3)18-7-5-17(21)6-8-18/h5-8,13H,4,9-12,14H2,1-3H3/p+2. The molecule has 3 rings (SSSR count). The Balaban J connectivity index is 1.76. The molecule has 4 nitrogen and oxygen atoms in total. The van der Waals surface area contributed by atoms with E-state index in [1.54, 1.807) is 17.0 Å². The Bertz CT molecular complexity index is 743. The van der Waals surface area contributed by atoms with Gasteiger partial charge in [0.25, 0.3) is 0 Å². The number of hydrogen-bond acceptors (Lipinski definition) is 1. The predicted octanol–water partition coefficient (Wildman–Crippen LogP) is 0.219. The van der Waals surface area contributed by atoms with E-state index in [-0.39, 0.29) is 11.6 Å². The normalized spacial score (nSPS) is 20.6. The van der Waals surface area contributed by atoms with Crippen LogP contribution in [-0.2, 0) is 0 Å². The van der Waals surface area contributed by atoms with Gasteiger partial charge < -0.3 is 14.4 Å². The number of piperazine rings is 1. The van der Waals surface area contributed by atoms with Crippen molar-refractivity contribution in [1.82, 2.24) is 4.57 Å². The van der Waals surface area contributed by atoms with Crippen LogP contribution in [0.2, 0.25) is 0 Å². The van der Waals surface area contributed by atoms with Crippen molar-refractivity contribution in [1.29, 1.82) is 0 Å². The second kappa shape index (κ2) is 7.50. The Hall–Kier alpha value is -1.98. The zero-order chi connectivity index (χ0) is 18.0. The van der Waals surface area contributed by atoms with Crippen molar-refractivity contribution in [3.05, 3.63) is 53.1 Å². The molecule has 1 aliphatic heterocycles. The molecule has 2 N–H and O–H groups in total. The van der Waals surface area contributed by atoms with Gasteiger partial charge in [0.05, 0.1) is 6.54 Å². The lowest BCUT2D eigenvalue weighted by molar-refractivity contribution is -1.01. The lowest BCUT2D eigenvalue weighted by Crippen LogP contribution is -3.28. The van der Waals surface area contributed by atoms with Crippen LogP contribution in [0.4, 0.5) is 4.39 Å². The average Bonchev–Trinajstić information content (AvgIpc) is 2.91. The van der Waals surface area contributed by atoms with E-state index >= 15 is 0 Å². The van der Waals surface area contributed by atoms with Crippen molar-refractivity contribution < 1.29 is 19.0 Å². The molecular weight excluding hydrogens is 317 g/mol. The first kappa shape index (κ1) is 17.8. The molecule has 0 unspecified atom stereocenters. The van der Waals surface area contributed by atoms with E-state index in [4.69, 9.17) is 0 Å². The molecular formula is C20H28FN3O+2. The zero-order valence-corrected chi connectivity index (χ0v) is 15.4. The van der Waals surface area contributed by atoms with E-state index in [1.807, 2.05) is 24.5 Å². The molecule has 134 valence electrons. The third-order valence-electron chi connectivity index (χ3n) is 5.39. The van der Waals surface area contributed by atoms with E-state index < -0.39 is 0 Å². The Labute approximate surface area is 148 Å². The van der Waals surface area contributed by atoms with E-state index in [2.05, 4.69) is 6.92 Å². The zero-order valence-electron chi connectivity index (χ0n) is 15.4. The van der Waals surface area contributed by atoms with Crippen LogP contribution in [0.15, 0.2) is 30.3 Å². The van der Waals surface area contributed by atoms with Gasteiger partial charge in [0.2, 0.25) is 5.78 Å². The summed E-state index contributed by atoms with van der Waals surface area (Å²) in [6, 6.07) is 8.38.